The summed E-state index contributed by atoms with van der Waals surface area (Å²) in [6.07, 6.45) is 1.61. The minimum atomic E-state index is -0.410. The molecule has 0 saturated heterocycles. The molecule has 0 bridgehead atoms. The molecule has 0 fully saturated rings. The van der Waals surface area contributed by atoms with E-state index >= 15 is 0 Å². The number of nitrogens with zero attached hydrogens (tertiary/aromatic N) is 2. The zero-order valence-corrected chi connectivity index (χ0v) is 6.63. The number of aromatic nitrogens is 2. The van der Waals surface area contributed by atoms with Crippen LogP contribution in [0, 0.1) is 5.95 Å². The smallest absolute Gasteiger partial charge is 0.232 e. The molecule has 0 unspecified atom stereocenters. The van der Waals surface area contributed by atoms with Crippen molar-refractivity contribution in [2.45, 2.75) is 27.3 Å². The van der Waals surface area contributed by atoms with Crippen molar-refractivity contribution in [3.05, 3.63) is 18.2 Å². The zero-order chi connectivity index (χ0) is 7.98. The molecule has 0 radical (unpaired) electrons. The predicted molar refractivity (Wildman–Crippen MR) is 39.2 cm³/mol. The maximum Gasteiger partial charge on any atom is 0.232 e. The van der Waals surface area contributed by atoms with E-state index in [1.807, 2.05) is 20.8 Å². The van der Waals surface area contributed by atoms with Gasteiger partial charge < -0.3 is 0 Å². The van der Waals surface area contributed by atoms with Gasteiger partial charge in [0.25, 0.3) is 0 Å². The average Bonchev–Trinajstić information content (AvgIpc) is 2.40. The summed E-state index contributed by atoms with van der Waals surface area (Å²) >= 11 is 0. The highest BCUT2D eigenvalue weighted by Crippen LogP contribution is 1.89. The Morgan fingerprint density at radius 2 is 2.20 bits per heavy atom. The molecule has 0 atom stereocenters. The molecule has 3 heteroatoms. The lowest BCUT2D eigenvalue weighted by atomic mass is 10.7. The number of aryl methyl sites for hydroxylation is 1. The van der Waals surface area contributed by atoms with Gasteiger partial charge in [0.05, 0.1) is 0 Å². The van der Waals surface area contributed by atoms with Gasteiger partial charge in [-0.2, -0.15) is 4.39 Å². The Morgan fingerprint density at radius 1 is 1.60 bits per heavy atom. The number of hydrogen-bond acceptors (Lipinski definition) is 1. The van der Waals surface area contributed by atoms with Crippen molar-refractivity contribution < 1.29 is 4.39 Å². The second kappa shape index (κ2) is 4.97. The van der Waals surface area contributed by atoms with E-state index in [2.05, 4.69) is 5.10 Å². The van der Waals surface area contributed by atoms with E-state index in [0.717, 1.165) is 6.54 Å². The van der Waals surface area contributed by atoms with Crippen molar-refractivity contribution in [1.82, 2.24) is 9.78 Å². The quantitative estimate of drug-likeness (QED) is 0.590. The van der Waals surface area contributed by atoms with E-state index in [9.17, 15) is 4.39 Å². The molecule has 58 valence electrons. The Hall–Kier alpha value is -0.860. The molecule has 2 nitrogen and oxygen atoms in total. The lowest BCUT2D eigenvalue weighted by molar-refractivity contribution is 0.534. The lowest BCUT2D eigenvalue weighted by Crippen LogP contribution is -1.93. The van der Waals surface area contributed by atoms with Crippen LogP contribution in [0.15, 0.2) is 12.3 Å². The molecule has 1 aromatic heterocycles. The molecular weight excluding hydrogens is 131 g/mol. The van der Waals surface area contributed by atoms with Crippen LogP contribution in [0.2, 0.25) is 0 Å². The first-order valence-corrected chi connectivity index (χ1v) is 3.52. The number of rotatable bonds is 1. The van der Waals surface area contributed by atoms with Gasteiger partial charge in [0, 0.05) is 18.8 Å². The Kier molecular flexibility index (Phi) is 4.54. The van der Waals surface area contributed by atoms with Gasteiger partial charge in [-0.25, -0.2) is 0 Å². The van der Waals surface area contributed by atoms with Crippen molar-refractivity contribution in [3.63, 3.8) is 0 Å². The summed E-state index contributed by atoms with van der Waals surface area (Å²) in [6, 6.07) is 1.34. The summed E-state index contributed by atoms with van der Waals surface area (Å²) in [5, 5.41) is 3.48. The Labute approximate surface area is 60.7 Å². The molecule has 0 saturated carbocycles. The zero-order valence-electron chi connectivity index (χ0n) is 6.63. The van der Waals surface area contributed by atoms with Gasteiger partial charge in [-0.3, -0.25) is 4.68 Å². The molecule has 0 aliphatic carbocycles. The lowest BCUT2D eigenvalue weighted by Gasteiger charge is -1.87. The minimum absolute atomic E-state index is 0.410. The van der Waals surface area contributed by atoms with Crippen molar-refractivity contribution in [3.8, 4) is 0 Å². The van der Waals surface area contributed by atoms with Gasteiger partial charge in [0.15, 0.2) is 0 Å². The Balaban J connectivity index is 0.000000371. The summed E-state index contributed by atoms with van der Waals surface area (Å²) in [4.78, 5) is 0. The van der Waals surface area contributed by atoms with E-state index in [0.29, 0.717) is 0 Å². The average molecular weight is 144 g/mol. The third-order valence-electron chi connectivity index (χ3n) is 0.932. The molecular formula is C7H13FN2. The van der Waals surface area contributed by atoms with Crippen LogP contribution in [0.4, 0.5) is 4.39 Å². The largest absolute Gasteiger partial charge is 0.270 e. The molecule has 10 heavy (non-hydrogen) atoms. The molecule has 0 spiro atoms. The minimum Gasteiger partial charge on any atom is -0.270 e. The van der Waals surface area contributed by atoms with Gasteiger partial charge in [-0.1, -0.05) is 13.8 Å². The van der Waals surface area contributed by atoms with E-state index in [4.69, 9.17) is 0 Å². The number of hydrogen-bond donors (Lipinski definition) is 0. The van der Waals surface area contributed by atoms with Crippen LogP contribution in [0.5, 0.6) is 0 Å². The SMILES string of the molecule is CC.CCn1ccc(F)n1. The molecule has 1 rings (SSSR count). The second-order valence-electron chi connectivity index (χ2n) is 1.49. The van der Waals surface area contributed by atoms with Gasteiger partial charge in [-0.05, 0) is 6.92 Å². The van der Waals surface area contributed by atoms with Crippen LogP contribution >= 0.6 is 0 Å². The highest BCUT2D eigenvalue weighted by molar-refractivity contribution is 4.81. The first-order valence-electron chi connectivity index (χ1n) is 3.52. The van der Waals surface area contributed by atoms with Crippen LogP contribution < -0.4 is 0 Å². The molecule has 0 aromatic carbocycles. The predicted octanol–water partition coefficient (Wildman–Crippen LogP) is 2.07. The second-order valence-corrected chi connectivity index (χ2v) is 1.49. The van der Waals surface area contributed by atoms with Crippen LogP contribution in [0.25, 0.3) is 0 Å². The third kappa shape index (κ3) is 2.62. The highest BCUT2D eigenvalue weighted by atomic mass is 19.1. The van der Waals surface area contributed by atoms with Crippen LogP contribution in [0.1, 0.15) is 20.8 Å². The summed E-state index contributed by atoms with van der Waals surface area (Å²) in [5.74, 6) is -0.410. The standard InChI is InChI=1S/C5H7FN2.C2H6/c1-2-8-4-3-5(6)7-8;1-2/h3-4H,2H2,1H3;1-2H3. The summed E-state index contributed by atoms with van der Waals surface area (Å²) in [6.45, 7) is 6.64. The maximum absolute atomic E-state index is 12.0. The van der Waals surface area contributed by atoms with Gasteiger partial charge in [0.2, 0.25) is 5.95 Å². The maximum atomic E-state index is 12.0. The van der Waals surface area contributed by atoms with Gasteiger partial charge in [0.1, 0.15) is 0 Å². The summed E-state index contributed by atoms with van der Waals surface area (Å²) < 4.78 is 13.5. The van der Waals surface area contributed by atoms with Crippen LogP contribution in [0.3, 0.4) is 0 Å². The van der Waals surface area contributed by atoms with Crippen molar-refractivity contribution >= 4 is 0 Å². The topological polar surface area (TPSA) is 17.8 Å². The summed E-state index contributed by atoms with van der Waals surface area (Å²) in [7, 11) is 0. The molecule has 0 aliphatic heterocycles. The Morgan fingerprint density at radius 3 is 2.40 bits per heavy atom. The molecule has 1 heterocycles. The van der Waals surface area contributed by atoms with Gasteiger partial charge in [-0.15, -0.1) is 5.10 Å². The van der Waals surface area contributed by atoms with Crippen LogP contribution in [-0.2, 0) is 6.54 Å². The normalized spacial score (nSPS) is 8.40. The molecule has 0 amide bonds. The third-order valence-corrected chi connectivity index (χ3v) is 0.932. The molecule has 1 aromatic rings. The van der Waals surface area contributed by atoms with Crippen molar-refractivity contribution in [2.24, 2.45) is 0 Å². The fourth-order valence-electron chi connectivity index (χ4n) is 0.513. The van der Waals surface area contributed by atoms with E-state index in [1.54, 1.807) is 6.20 Å². The van der Waals surface area contributed by atoms with E-state index in [1.165, 1.54) is 10.7 Å². The summed E-state index contributed by atoms with van der Waals surface area (Å²) in [5.41, 5.74) is 0. The first-order chi connectivity index (χ1) is 4.83. The van der Waals surface area contributed by atoms with E-state index < -0.39 is 5.95 Å². The van der Waals surface area contributed by atoms with Crippen LogP contribution in [-0.4, -0.2) is 9.78 Å². The van der Waals surface area contributed by atoms with E-state index in [-0.39, 0.29) is 0 Å². The highest BCUT2D eigenvalue weighted by Gasteiger charge is 1.90. The monoisotopic (exact) mass is 144 g/mol. The van der Waals surface area contributed by atoms with Crippen molar-refractivity contribution in [1.29, 1.82) is 0 Å². The fourth-order valence-corrected chi connectivity index (χ4v) is 0.513. The van der Waals surface area contributed by atoms with Gasteiger partial charge >= 0.3 is 0 Å². The number of halogens is 1. The molecule has 0 aliphatic rings. The first kappa shape index (κ1) is 9.14. The molecule has 0 N–H and O–H groups in total. The fraction of sp³-hybridized carbons (Fsp3) is 0.571. The Bertz CT molecular complexity index is 172. The van der Waals surface area contributed by atoms with Crippen molar-refractivity contribution in [2.75, 3.05) is 0 Å².